The third kappa shape index (κ3) is 13.5. The highest BCUT2D eigenvalue weighted by molar-refractivity contribution is 6.65. The first kappa shape index (κ1) is 29.9. The van der Waals surface area contributed by atoms with Crippen molar-refractivity contribution in [1.82, 2.24) is 0 Å². The fourth-order valence-corrected chi connectivity index (χ4v) is 4.69. The summed E-state index contributed by atoms with van der Waals surface area (Å²) in [7, 11) is 3.21. The van der Waals surface area contributed by atoms with Gasteiger partial charge in [0.1, 0.15) is 0 Å². The molecule has 0 aliphatic heterocycles. The molecule has 9 nitrogen and oxygen atoms in total. The summed E-state index contributed by atoms with van der Waals surface area (Å²) in [5.74, 6) is -0.801. The van der Waals surface area contributed by atoms with E-state index in [4.69, 9.17) is 31.6 Å². The van der Waals surface area contributed by atoms with Gasteiger partial charge in [0.15, 0.2) is 0 Å². The van der Waals surface area contributed by atoms with Gasteiger partial charge in [-0.15, -0.1) is 0 Å². The average Bonchev–Trinajstić information content (AvgIpc) is 2.74. The van der Waals surface area contributed by atoms with E-state index < -0.39 is 23.3 Å². The molecule has 0 aromatic heterocycles. The van der Waals surface area contributed by atoms with E-state index in [0.29, 0.717) is 18.2 Å². The molecule has 0 bridgehead atoms. The molecule has 0 aliphatic rings. The van der Waals surface area contributed by atoms with Crippen LogP contribution in [0.25, 0.3) is 0 Å². The molecule has 170 valence electrons. The Morgan fingerprint density at radius 2 is 1.38 bits per heavy atom. The van der Waals surface area contributed by atoms with Gasteiger partial charge < -0.3 is 31.6 Å². The van der Waals surface area contributed by atoms with Crippen LogP contribution < -0.4 is 0 Å². The van der Waals surface area contributed by atoms with Gasteiger partial charge in [0, 0.05) is 47.2 Å². The van der Waals surface area contributed by atoms with E-state index >= 15 is 0 Å². The van der Waals surface area contributed by atoms with E-state index in [2.05, 4.69) is 13.2 Å². The van der Waals surface area contributed by atoms with Crippen LogP contribution in [0.4, 0.5) is 0 Å². The molecule has 0 aromatic carbocycles. The summed E-state index contributed by atoms with van der Waals surface area (Å²) < 4.78 is 35.8. The molecule has 0 saturated carbocycles. The van der Waals surface area contributed by atoms with Crippen LogP contribution in [0.15, 0.2) is 24.8 Å². The van der Waals surface area contributed by atoms with Crippen molar-refractivity contribution in [3.8, 4) is 0 Å². The maximum absolute atomic E-state index is 11.1. The molecule has 0 aliphatic carbocycles. The molecular weight excluding hydrogens is 416 g/mol. The summed E-state index contributed by atoms with van der Waals surface area (Å²) in [5, 5.41) is 0. The maximum atomic E-state index is 11.1. The lowest BCUT2D eigenvalue weighted by Crippen LogP contribution is -2.43. The van der Waals surface area contributed by atoms with Gasteiger partial charge in [0.2, 0.25) is 0 Å². The van der Waals surface area contributed by atoms with Crippen LogP contribution in [0.2, 0.25) is 18.6 Å². The van der Waals surface area contributed by atoms with Gasteiger partial charge in [-0.1, -0.05) is 13.2 Å². The first-order chi connectivity index (χ1) is 13.6. The van der Waals surface area contributed by atoms with Crippen molar-refractivity contribution < 1.29 is 41.2 Å². The van der Waals surface area contributed by atoms with E-state index in [1.807, 2.05) is 6.55 Å². The standard InChI is InChI=1S/C9H18O5Si.C9H18O4Si/c1-8(2)9(10)14-6-7-15(11-3,12-4)13-5;1-5-9(10)13-7-6-8-14(4,11-2)12-3/h1,6-7H2,2-5H3;5H,1,6-8H2,2-4H3. The van der Waals surface area contributed by atoms with Gasteiger partial charge in [0.25, 0.3) is 0 Å². The second-order valence-corrected chi connectivity index (χ2v) is 12.7. The number of carbonyl (C=O) groups is 2. The predicted octanol–water partition coefficient (Wildman–Crippen LogP) is 2.45. The molecule has 0 amide bonds. The Labute approximate surface area is 176 Å². The predicted molar refractivity (Wildman–Crippen MR) is 114 cm³/mol. The molecule has 0 spiro atoms. The third-order valence-electron chi connectivity index (χ3n) is 3.97. The molecule has 0 N–H and O–H groups in total. The topological polar surface area (TPSA) is 98.8 Å². The van der Waals surface area contributed by atoms with Crippen molar-refractivity contribution in [2.24, 2.45) is 0 Å². The minimum absolute atomic E-state index is 0.202. The van der Waals surface area contributed by atoms with Crippen molar-refractivity contribution in [1.29, 1.82) is 0 Å². The third-order valence-corrected chi connectivity index (χ3v) is 9.64. The van der Waals surface area contributed by atoms with Gasteiger partial charge in [-0.2, -0.15) is 0 Å². The number of esters is 2. The zero-order chi connectivity index (χ0) is 22.9. The average molecular weight is 453 g/mol. The fraction of sp³-hybridized carbons (Fsp3) is 0.667. The first-order valence-corrected chi connectivity index (χ1v) is 13.4. The quantitative estimate of drug-likeness (QED) is 0.170. The monoisotopic (exact) mass is 452 g/mol. The minimum Gasteiger partial charge on any atom is -0.463 e. The van der Waals surface area contributed by atoms with Gasteiger partial charge >= 0.3 is 29.3 Å². The molecular formula is C18H36O9Si2. The molecule has 0 heterocycles. The Morgan fingerprint density at radius 1 is 0.862 bits per heavy atom. The fourth-order valence-electron chi connectivity index (χ4n) is 1.86. The van der Waals surface area contributed by atoms with Gasteiger partial charge in [-0.05, 0) is 25.9 Å². The first-order valence-electron chi connectivity index (χ1n) is 8.96. The molecule has 0 radical (unpaired) electrons. The second-order valence-electron chi connectivity index (χ2n) is 5.98. The number of hydrogen-bond donors (Lipinski definition) is 0. The van der Waals surface area contributed by atoms with Gasteiger partial charge in [0.05, 0.1) is 19.3 Å². The SMILES string of the molecule is C=C(C)C(=O)OCC[Si](OC)(OC)OC.C=CC(=O)OCCC[Si](C)(OC)OC. The Morgan fingerprint density at radius 3 is 1.76 bits per heavy atom. The number of ether oxygens (including phenoxy) is 2. The summed E-state index contributed by atoms with van der Waals surface area (Å²) in [5.41, 5.74) is 0.370. The summed E-state index contributed by atoms with van der Waals surface area (Å²) in [6.07, 6.45) is 1.91. The Hall–Kier alpha value is -1.35. The van der Waals surface area contributed by atoms with Crippen LogP contribution in [0.3, 0.4) is 0 Å². The van der Waals surface area contributed by atoms with Crippen LogP contribution >= 0.6 is 0 Å². The van der Waals surface area contributed by atoms with Gasteiger partial charge in [-0.3, -0.25) is 0 Å². The van der Waals surface area contributed by atoms with Crippen LogP contribution in [0, 0.1) is 0 Å². The Kier molecular flexibility index (Phi) is 16.9. The van der Waals surface area contributed by atoms with Gasteiger partial charge in [-0.25, -0.2) is 9.59 Å². The van der Waals surface area contributed by atoms with E-state index in [0.717, 1.165) is 18.5 Å². The molecule has 0 rings (SSSR count). The largest absolute Gasteiger partial charge is 0.503 e. The molecule has 0 fully saturated rings. The normalized spacial score (nSPS) is 11.1. The number of carbonyl (C=O) groups excluding carboxylic acids is 2. The summed E-state index contributed by atoms with van der Waals surface area (Å²) >= 11 is 0. The van der Waals surface area contributed by atoms with E-state index in [-0.39, 0.29) is 12.6 Å². The Bertz CT molecular complexity index is 495. The lowest BCUT2D eigenvalue weighted by molar-refractivity contribution is -0.139. The zero-order valence-corrected chi connectivity index (χ0v) is 20.7. The van der Waals surface area contributed by atoms with Crippen molar-refractivity contribution in [3.63, 3.8) is 0 Å². The maximum Gasteiger partial charge on any atom is 0.503 e. The van der Waals surface area contributed by atoms with Crippen molar-refractivity contribution in [2.75, 3.05) is 48.8 Å². The molecule has 0 aromatic rings. The van der Waals surface area contributed by atoms with Crippen molar-refractivity contribution in [3.05, 3.63) is 24.8 Å². The van der Waals surface area contributed by atoms with E-state index in [9.17, 15) is 9.59 Å². The van der Waals surface area contributed by atoms with Crippen molar-refractivity contribution in [2.45, 2.75) is 32.0 Å². The lowest BCUT2D eigenvalue weighted by atomic mass is 10.4. The van der Waals surface area contributed by atoms with E-state index in [1.54, 1.807) is 21.1 Å². The van der Waals surface area contributed by atoms with E-state index in [1.165, 1.54) is 21.3 Å². The Balaban J connectivity index is 0. The van der Waals surface area contributed by atoms with Crippen LogP contribution in [-0.2, 0) is 41.2 Å². The minimum atomic E-state index is -2.63. The number of hydrogen-bond acceptors (Lipinski definition) is 9. The molecule has 11 heteroatoms. The highest BCUT2D eigenvalue weighted by atomic mass is 28.4. The molecule has 0 saturated heterocycles. The summed E-state index contributed by atoms with van der Waals surface area (Å²) in [4.78, 5) is 21.7. The highest BCUT2D eigenvalue weighted by Crippen LogP contribution is 2.14. The zero-order valence-electron chi connectivity index (χ0n) is 18.7. The number of rotatable bonds is 14. The van der Waals surface area contributed by atoms with Crippen LogP contribution in [-0.4, -0.2) is 78.1 Å². The summed E-state index contributed by atoms with van der Waals surface area (Å²) in [6.45, 7) is 10.9. The molecule has 0 unspecified atom stereocenters. The highest BCUT2D eigenvalue weighted by Gasteiger charge is 2.37. The second kappa shape index (κ2) is 16.5. The molecule has 0 atom stereocenters. The van der Waals surface area contributed by atoms with Crippen LogP contribution in [0.1, 0.15) is 13.3 Å². The summed E-state index contributed by atoms with van der Waals surface area (Å²) in [6, 6.07) is 1.24. The lowest BCUT2D eigenvalue weighted by Gasteiger charge is -2.23. The smallest absolute Gasteiger partial charge is 0.463 e. The van der Waals surface area contributed by atoms with Crippen LogP contribution in [0.5, 0.6) is 0 Å². The van der Waals surface area contributed by atoms with Crippen molar-refractivity contribution >= 4 is 29.3 Å². The molecule has 29 heavy (non-hydrogen) atoms.